The van der Waals surface area contributed by atoms with Gasteiger partial charge in [-0.05, 0) is 31.0 Å². The van der Waals surface area contributed by atoms with Crippen LogP contribution in [0.15, 0.2) is 54.6 Å². The zero-order valence-electron chi connectivity index (χ0n) is 14.2. The molecule has 0 radical (unpaired) electrons. The monoisotopic (exact) mass is 346 g/mol. The van der Waals surface area contributed by atoms with E-state index >= 15 is 0 Å². The van der Waals surface area contributed by atoms with Gasteiger partial charge in [0, 0.05) is 23.0 Å². The van der Waals surface area contributed by atoms with Crippen molar-refractivity contribution >= 4 is 22.8 Å². The SMILES string of the molecule is O=C1O[C@]2(CCCN(C(=O)c3cc4ccccc4[nH]3)C2)c2ccccc21. The van der Waals surface area contributed by atoms with Gasteiger partial charge in [0.25, 0.3) is 5.91 Å². The number of para-hydroxylation sites is 1. The second kappa shape index (κ2) is 5.46. The van der Waals surface area contributed by atoms with E-state index in [2.05, 4.69) is 4.98 Å². The van der Waals surface area contributed by atoms with Gasteiger partial charge < -0.3 is 14.6 Å². The van der Waals surface area contributed by atoms with E-state index in [0.717, 1.165) is 29.3 Å². The summed E-state index contributed by atoms with van der Waals surface area (Å²) in [5.74, 6) is -0.346. The molecule has 5 nitrogen and oxygen atoms in total. The summed E-state index contributed by atoms with van der Waals surface area (Å²) < 4.78 is 5.79. The van der Waals surface area contributed by atoms with E-state index in [0.29, 0.717) is 24.3 Å². The highest BCUT2D eigenvalue weighted by Gasteiger charge is 2.48. The van der Waals surface area contributed by atoms with Gasteiger partial charge in [0.05, 0.1) is 12.1 Å². The number of hydrogen-bond donors (Lipinski definition) is 1. The number of fused-ring (bicyclic) bond motifs is 3. The number of nitrogens with zero attached hydrogens (tertiary/aromatic N) is 1. The van der Waals surface area contributed by atoms with Crippen molar-refractivity contribution in [3.05, 3.63) is 71.4 Å². The van der Waals surface area contributed by atoms with Gasteiger partial charge in [0.1, 0.15) is 5.69 Å². The van der Waals surface area contributed by atoms with Crippen LogP contribution >= 0.6 is 0 Å². The van der Waals surface area contributed by atoms with E-state index in [1.165, 1.54) is 0 Å². The summed E-state index contributed by atoms with van der Waals surface area (Å²) in [7, 11) is 0. The number of esters is 1. The molecule has 5 heteroatoms. The summed E-state index contributed by atoms with van der Waals surface area (Å²) in [6.07, 6.45) is 1.54. The number of aromatic nitrogens is 1. The number of likely N-dealkylation sites (tertiary alicyclic amines) is 1. The lowest BCUT2D eigenvalue weighted by Crippen LogP contribution is -2.48. The number of H-pyrrole nitrogens is 1. The van der Waals surface area contributed by atoms with Crippen molar-refractivity contribution in [2.75, 3.05) is 13.1 Å². The van der Waals surface area contributed by atoms with Gasteiger partial charge in [-0.3, -0.25) is 4.79 Å². The summed E-state index contributed by atoms with van der Waals surface area (Å²) >= 11 is 0. The molecule has 2 aliphatic rings. The number of aromatic amines is 1. The molecule has 1 amide bonds. The van der Waals surface area contributed by atoms with Crippen molar-refractivity contribution in [3.8, 4) is 0 Å². The molecule has 1 aromatic heterocycles. The highest BCUT2D eigenvalue weighted by Crippen LogP contribution is 2.43. The molecule has 3 heterocycles. The Morgan fingerprint density at radius 3 is 2.81 bits per heavy atom. The third-order valence-electron chi connectivity index (χ3n) is 5.43. The van der Waals surface area contributed by atoms with Crippen LogP contribution in [-0.2, 0) is 10.3 Å². The van der Waals surface area contributed by atoms with Crippen molar-refractivity contribution in [3.63, 3.8) is 0 Å². The third kappa shape index (κ3) is 2.17. The lowest BCUT2D eigenvalue weighted by Gasteiger charge is -2.39. The van der Waals surface area contributed by atoms with Gasteiger partial charge >= 0.3 is 5.97 Å². The number of hydrogen-bond acceptors (Lipinski definition) is 3. The van der Waals surface area contributed by atoms with Gasteiger partial charge in [0.2, 0.25) is 0 Å². The summed E-state index contributed by atoms with van der Waals surface area (Å²) in [5.41, 5.74) is 2.32. The van der Waals surface area contributed by atoms with Gasteiger partial charge in [0.15, 0.2) is 5.60 Å². The molecule has 1 spiro atoms. The molecule has 0 saturated carbocycles. The lowest BCUT2D eigenvalue weighted by molar-refractivity contribution is -0.0443. The van der Waals surface area contributed by atoms with Crippen LogP contribution in [0.3, 0.4) is 0 Å². The largest absolute Gasteiger partial charge is 0.449 e. The van der Waals surface area contributed by atoms with Crippen molar-refractivity contribution in [2.24, 2.45) is 0 Å². The molecular formula is C21H18N2O3. The molecule has 1 fully saturated rings. The van der Waals surface area contributed by atoms with Crippen LogP contribution in [0.5, 0.6) is 0 Å². The highest BCUT2D eigenvalue weighted by atomic mass is 16.6. The summed E-state index contributed by atoms with van der Waals surface area (Å²) in [5, 5.41) is 1.01. The average Bonchev–Trinajstić information content (AvgIpc) is 3.22. The van der Waals surface area contributed by atoms with Crippen LogP contribution in [0.2, 0.25) is 0 Å². The minimum absolute atomic E-state index is 0.0549. The quantitative estimate of drug-likeness (QED) is 0.686. The third-order valence-corrected chi connectivity index (χ3v) is 5.43. The van der Waals surface area contributed by atoms with Crippen LogP contribution < -0.4 is 0 Å². The molecule has 130 valence electrons. The van der Waals surface area contributed by atoms with E-state index in [1.807, 2.05) is 48.5 Å². The number of nitrogens with one attached hydrogen (secondary N) is 1. The summed E-state index contributed by atoms with van der Waals surface area (Å²) in [6, 6.07) is 17.2. The van der Waals surface area contributed by atoms with Crippen LogP contribution in [0.25, 0.3) is 10.9 Å². The average molecular weight is 346 g/mol. The van der Waals surface area contributed by atoms with E-state index in [1.54, 1.807) is 11.0 Å². The maximum absolute atomic E-state index is 13.1. The van der Waals surface area contributed by atoms with E-state index in [4.69, 9.17) is 4.74 Å². The molecule has 0 bridgehead atoms. The Morgan fingerprint density at radius 1 is 1.12 bits per heavy atom. The number of ether oxygens (including phenoxy) is 1. The first kappa shape index (κ1) is 15.2. The second-order valence-corrected chi connectivity index (χ2v) is 7.03. The topological polar surface area (TPSA) is 62.4 Å². The van der Waals surface area contributed by atoms with Crippen molar-refractivity contribution in [1.29, 1.82) is 0 Å². The Bertz CT molecular complexity index is 1010. The molecular weight excluding hydrogens is 328 g/mol. The first-order chi connectivity index (χ1) is 12.7. The molecule has 1 saturated heterocycles. The zero-order chi connectivity index (χ0) is 17.7. The molecule has 1 atom stereocenters. The fourth-order valence-corrected chi connectivity index (χ4v) is 4.20. The fraction of sp³-hybridized carbons (Fsp3) is 0.238. The first-order valence-electron chi connectivity index (χ1n) is 8.86. The number of rotatable bonds is 1. The van der Waals surface area contributed by atoms with Crippen molar-refractivity contribution in [1.82, 2.24) is 9.88 Å². The minimum atomic E-state index is -0.715. The predicted molar refractivity (Wildman–Crippen MR) is 97.0 cm³/mol. The Kier molecular flexibility index (Phi) is 3.19. The van der Waals surface area contributed by atoms with Gasteiger partial charge in [-0.1, -0.05) is 36.4 Å². The Hall–Kier alpha value is -3.08. The molecule has 3 aromatic rings. The molecule has 2 aromatic carbocycles. The molecule has 0 unspecified atom stereocenters. The zero-order valence-corrected chi connectivity index (χ0v) is 14.2. The molecule has 0 aliphatic carbocycles. The Labute approximate surface area is 150 Å². The number of carbonyl (C=O) groups is 2. The summed E-state index contributed by atoms with van der Waals surface area (Å²) in [6.45, 7) is 1.06. The maximum atomic E-state index is 13.1. The predicted octanol–water partition coefficient (Wildman–Crippen LogP) is 3.47. The molecule has 2 aliphatic heterocycles. The number of benzene rings is 2. The van der Waals surface area contributed by atoms with Gasteiger partial charge in [-0.2, -0.15) is 0 Å². The van der Waals surface area contributed by atoms with E-state index < -0.39 is 5.60 Å². The standard InChI is InChI=1S/C21H18N2O3/c24-19(18-12-14-6-1-4-9-17(14)22-18)23-11-5-10-21(13-23)16-8-3-2-7-15(16)20(25)26-21/h1-4,6-9,12,22H,5,10-11,13H2/t21-/m0/s1. The van der Waals surface area contributed by atoms with Crippen LogP contribution in [0, 0.1) is 0 Å². The van der Waals surface area contributed by atoms with Gasteiger partial charge in [-0.15, -0.1) is 0 Å². The van der Waals surface area contributed by atoms with E-state index in [-0.39, 0.29) is 11.9 Å². The molecule has 1 N–H and O–H groups in total. The fourth-order valence-electron chi connectivity index (χ4n) is 4.20. The minimum Gasteiger partial charge on any atom is -0.449 e. The normalized spacial score (nSPS) is 21.8. The first-order valence-corrected chi connectivity index (χ1v) is 8.86. The Morgan fingerprint density at radius 2 is 1.92 bits per heavy atom. The van der Waals surface area contributed by atoms with Crippen LogP contribution in [0.4, 0.5) is 0 Å². The van der Waals surface area contributed by atoms with Crippen molar-refractivity contribution in [2.45, 2.75) is 18.4 Å². The number of carbonyl (C=O) groups excluding carboxylic acids is 2. The smallest absolute Gasteiger partial charge is 0.339 e. The second-order valence-electron chi connectivity index (χ2n) is 7.03. The van der Waals surface area contributed by atoms with Crippen molar-refractivity contribution < 1.29 is 14.3 Å². The highest BCUT2D eigenvalue weighted by molar-refractivity contribution is 5.98. The molecule has 26 heavy (non-hydrogen) atoms. The Balaban J connectivity index is 1.48. The summed E-state index contributed by atoms with van der Waals surface area (Å²) in [4.78, 5) is 30.3. The number of amides is 1. The van der Waals surface area contributed by atoms with Gasteiger partial charge in [-0.25, -0.2) is 4.79 Å². The van der Waals surface area contributed by atoms with Crippen LogP contribution in [-0.4, -0.2) is 34.8 Å². The number of piperidine rings is 1. The lowest BCUT2D eigenvalue weighted by atomic mass is 9.85. The molecule has 5 rings (SSSR count). The van der Waals surface area contributed by atoms with Crippen LogP contribution in [0.1, 0.15) is 39.3 Å². The maximum Gasteiger partial charge on any atom is 0.339 e. The van der Waals surface area contributed by atoms with E-state index in [9.17, 15) is 9.59 Å².